The normalized spacial score (nSPS) is 17.4. The third-order valence-corrected chi connectivity index (χ3v) is 8.64. The predicted molar refractivity (Wildman–Crippen MR) is 162 cm³/mol. The molecule has 3 saturated heterocycles. The Morgan fingerprint density at radius 1 is 0.850 bits per heavy atom. The highest BCUT2D eigenvalue weighted by atomic mass is 32.1. The minimum absolute atomic E-state index is 0.368. The molecule has 1 aromatic carbocycles. The lowest BCUT2D eigenvalue weighted by atomic mass is 10.1. The van der Waals surface area contributed by atoms with Crippen LogP contribution in [0.25, 0.3) is 11.3 Å². The first kappa shape index (κ1) is 26.6. The number of anilines is 4. The van der Waals surface area contributed by atoms with Gasteiger partial charge in [-0.25, -0.2) is 9.78 Å². The number of esters is 1. The van der Waals surface area contributed by atoms with Crippen molar-refractivity contribution in [3.8, 4) is 11.3 Å². The molecular weight excluding hydrogens is 546 g/mol. The summed E-state index contributed by atoms with van der Waals surface area (Å²) in [7, 11) is 1.38. The second kappa shape index (κ2) is 11.9. The number of carbonyl (C=O) groups excluding carboxylic acids is 1. The van der Waals surface area contributed by atoms with Gasteiger partial charge in [-0.15, -0.1) is 11.3 Å². The summed E-state index contributed by atoms with van der Waals surface area (Å²) in [6, 6.07) is 7.27. The molecule has 3 aromatic rings. The van der Waals surface area contributed by atoms with Crippen LogP contribution in [-0.2, 0) is 4.74 Å². The van der Waals surface area contributed by atoms with Crippen LogP contribution in [0.3, 0.4) is 0 Å². The van der Waals surface area contributed by atoms with E-state index in [0.717, 1.165) is 81.5 Å². The van der Waals surface area contributed by atoms with E-state index in [-0.39, 0.29) is 5.97 Å². The van der Waals surface area contributed by atoms with Gasteiger partial charge in [0.25, 0.3) is 0 Å². The van der Waals surface area contributed by atoms with Crippen molar-refractivity contribution in [1.82, 2.24) is 24.8 Å². The molecule has 3 fully saturated rings. The lowest BCUT2D eigenvalue weighted by molar-refractivity contribution is 0.0601. The molecule has 0 unspecified atom stereocenters. The van der Waals surface area contributed by atoms with Crippen LogP contribution in [0, 0.1) is 0 Å². The van der Waals surface area contributed by atoms with Crippen molar-refractivity contribution in [2.24, 2.45) is 0 Å². The fraction of sp³-hybridized carbons (Fsp3) is 0.481. The second-order valence-electron chi connectivity index (χ2n) is 10.1. The fourth-order valence-corrected chi connectivity index (χ4v) is 6.33. The zero-order valence-electron chi connectivity index (χ0n) is 22.6. The molecule has 0 aliphatic carbocycles. The number of hydrogen-bond acceptors (Lipinski definition) is 11. The largest absolute Gasteiger partial charge is 0.465 e. The average molecular weight is 580 g/mol. The Morgan fingerprint density at radius 3 is 2.00 bits per heavy atom. The monoisotopic (exact) mass is 579 g/mol. The van der Waals surface area contributed by atoms with E-state index in [1.807, 2.05) is 17.5 Å². The minimum Gasteiger partial charge on any atom is -0.465 e. The van der Waals surface area contributed by atoms with Crippen LogP contribution in [-0.4, -0.2) is 95.4 Å². The summed E-state index contributed by atoms with van der Waals surface area (Å²) in [4.78, 5) is 40.2. The first-order chi connectivity index (χ1) is 19.6. The number of nitrogens with zero attached hydrogens (tertiary/aromatic N) is 8. The van der Waals surface area contributed by atoms with E-state index in [2.05, 4.69) is 24.9 Å². The maximum atomic E-state index is 11.9. The van der Waals surface area contributed by atoms with E-state index >= 15 is 0 Å². The van der Waals surface area contributed by atoms with Crippen molar-refractivity contribution in [2.45, 2.75) is 25.7 Å². The van der Waals surface area contributed by atoms with Gasteiger partial charge in [0.1, 0.15) is 0 Å². The number of aromatic nitrogens is 4. The van der Waals surface area contributed by atoms with Crippen molar-refractivity contribution in [3.63, 3.8) is 0 Å². The molecule has 3 aliphatic rings. The van der Waals surface area contributed by atoms with Crippen LogP contribution in [0.4, 0.5) is 23.0 Å². The van der Waals surface area contributed by atoms with Gasteiger partial charge in [-0.1, -0.05) is 12.1 Å². The third kappa shape index (κ3) is 5.80. The van der Waals surface area contributed by atoms with Crippen LogP contribution < -0.4 is 20.0 Å². The minimum atomic E-state index is -0.368. The maximum absolute atomic E-state index is 11.9. The summed E-state index contributed by atoms with van der Waals surface area (Å²) in [6.45, 7) is 7.08. The van der Waals surface area contributed by atoms with Gasteiger partial charge in [-0.05, 0) is 50.0 Å². The smallest absolute Gasteiger partial charge is 0.337 e. The van der Waals surface area contributed by atoms with Gasteiger partial charge in [0.2, 0.25) is 17.8 Å². The number of piperazine rings is 1. The molecule has 0 saturated carbocycles. The highest BCUT2D eigenvalue weighted by Gasteiger charge is 2.26. The Morgan fingerprint density at radius 2 is 1.43 bits per heavy atom. The number of hydrogen-bond donors (Lipinski definition) is 1. The Labute approximate surface area is 243 Å². The third-order valence-electron chi connectivity index (χ3n) is 7.53. The summed E-state index contributed by atoms with van der Waals surface area (Å²) in [5.74, 6) is 2.00. The zero-order chi connectivity index (χ0) is 27.5. The number of benzene rings is 1. The van der Waals surface area contributed by atoms with Crippen LogP contribution in [0.1, 0.15) is 36.0 Å². The van der Waals surface area contributed by atoms with E-state index in [4.69, 9.17) is 36.9 Å². The van der Waals surface area contributed by atoms with Crippen molar-refractivity contribution in [1.29, 1.82) is 0 Å². The number of thiazole rings is 1. The molecule has 2 aromatic heterocycles. The molecule has 5 heterocycles. The Balaban J connectivity index is 1.09. The number of methoxy groups -OCH3 is 1. The van der Waals surface area contributed by atoms with E-state index in [0.29, 0.717) is 15.8 Å². The summed E-state index contributed by atoms with van der Waals surface area (Å²) in [6.07, 6.45) is 4.74. The standard InChI is InChI=1S/C27H33N9O2S2/c1-38-22(37)20-8-6-7-19(17-20)21-18-40-26(28-21)32-27(39)36-15-13-35(14-16-36)25-30-23(33-9-2-3-10-33)29-24(31-25)34-11-4-5-12-34/h6-8,17-18H,2-5,9-16H2,1H3,(H,28,32,39). The Bertz CT molecular complexity index is 1330. The van der Waals surface area contributed by atoms with Crippen LogP contribution in [0.5, 0.6) is 0 Å². The Hall–Kier alpha value is -3.58. The van der Waals surface area contributed by atoms with E-state index in [9.17, 15) is 4.79 Å². The number of ether oxygens (including phenoxy) is 1. The van der Waals surface area contributed by atoms with Crippen molar-refractivity contribution >= 4 is 57.6 Å². The van der Waals surface area contributed by atoms with E-state index in [1.54, 1.807) is 12.1 Å². The van der Waals surface area contributed by atoms with Crippen molar-refractivity contribution in [2.75, 3.05) is 79.5 Å². The molecule has 13 heteroatoms. The number of carbonyl (C=O) groups is 1. The van der Waals surface area contributed by atoms with Gasteiger partial charge in [0, 0.05) is 63.3 Å². The molecular formula is C27H33N9O2S2. The van der Waals surface area contributed by atoms with Crippen LogP contribution in [0.2, 0.25) is 0 Å². The predicted octanol–water partition coefficient (Wildman–Crippen LogP) is 3.50. The Kier molecular flexibility index (Phi) is 7.91. The molecule has 3 aliphatic heterocycles. The second-order valence-corrected chi connectivity index (χ2v) is 11.4. The molecule has 0 atom stereocenters. The summed E-state index contributed by atoms with van der Waals surface area (Å²) >= 11 is 7.22. The molecule has 0 radical (unpaired) electrons. The molecule has 1 N–H and O–H groups in total. The molecule has 0 spiro atoms. The fourth-order valence-electron chi connectivity index (χ4n) is 5.27. The van der Waals surface area contributed by atoms with Gasteiger partial charge in [0.05, 0.1) is 18.4 Å². The van der Waals surface area contributed by atoms with Crippen LogP contribution in [0.15, 0.2) is 29.6 Å². The first-order valence-electron chi connectivity index (χ1n) is 13.8. The highest BCUT2D eigenvalue weighted by Crippen LogP contribution is 2.27. The van der Waals surface area contributed by atoms with Crippen LogP contribution >= 0.6 is 23.6 Å². The lowest BCUT2D eigenvalue weighted by Gasteiger charge is -2.36. The number of thiocarbonyl (C=S) groups is 1. The van der Waals surface area contributed by atoms with Gasteiger partial charge in [-0.2, -0.15) is 15.0 Å². The number of nitrogens with one attached hydrogen (secondary N) is 1. The quantitative estimate of drug-likeness (QED) is 0.342. The number of rotatable bonds is 6. The van der Waals surface area contributed by atoms with E-state index in [1.165, 1.54) is 44.1 Å². The highest BCUT2D eigenvalue weighted by molar-refractivity contribution is 7.80. The topological polar surface area (TPSA) is 103 Å². The van der Waals surface area contributed by atoms with Crippen molar-refractivity contribution < 1.29 is 9.53 Å². The van der Waals surface area contributed by atoms with Gasteiger partial charge in [-0.3, -0.25) is 0 Å². The van der Waals surface area contributed by atoms with Crippen molar-refractivity contribution in [3.05, 3.63) is 35.2 Å². The molecule has 11 nitrogen and oxygen atoms in total. The van der Waals surface area contributed by atoms with Gasteiger partial charge in [0.15, 0.2) is 10.2 Å². The molecule has 6 rings (SSSR count). The van der Waals surface area contributed by atoms with Gasteiger partial charge < -0.3 is 29.7 Å². The summed E-state index contributed by atoms with van der Waals surface area (Å²) < 4.78 is 4.84. The average Bonchev–Trinajstić information content (AvgIpc) is 3.80. The van der Waals surface area contributed by atoms with E-state index < -0.39 is 0 Å². The van der Waals surface area contributed by atoms with Gasteiger partial charge >= 0.3 is 5.97 Å². The summed E-state index contributed by atoms with van der Waals surface area (Å²) in [5.41, 5.74) is 2.13. The maximum Gasteiger partial charge on any atom is 0.337 e. The summed E-state index contributed by atoms with van der Waals surface area (Å²) in [5, 5.41) is 6.62. The molecule has 0 bridgehead atoms. The SMILES string of the molecule is COC(=O)c1cccc(-c2csc(NC(=S)N3CCN(c4nc(N5CCCC5)nc(N5CCCC5)n4)CC3)n2)c1. The lowest BCUT2D eigenvalue weighted by Crippen LogP contribution is -2.50. The molecule has 210 valence electrons. The molecule has 0 amide bonds. The zero-order valence-corrected chi connectivity index (χ0v) is 24.2. The molecule has 40 heavy (non-hydrogen) atoms. The first-order valence-corrected chi connectivity index (χ1v) is 15.1.